The van der Waals surface area contributed by atoms with Crippen molar-refractivity contribution >= 4 is 31.9 Å². The van der Waals surface area contributed by atoms with Crippen molar-refractivity contribution in [1.29, 1.82) is 0 Å². The van der Waals surface area contributed by atoms with Gasteiger partial charge in [0.2, 0.25) is 5.88 Å². The standard InChI is InChI=1S/C15H16Br2N2O/c1-3-18-8-11-7-12(16)9-19-15(11)20-13-4-5-14(17)10(2)6-13/h4-7,9,18H,3,8H2,1-2H3. The van der Waals surface area contributed by atoms with Crippen LogP contribution < -0.4 is 10.1 Å². The molecule has 0 saturated carbocycles. The lowest BCUT2D eigenvalue weighted by molar-refractivity contribution is 0.452. The quantitative estimate of drug-likeness (QED) is 0.782. The Bertz CT molecular complexity index is 602. The molecule has 0 spiro atoms. The van der Waals surface area contributed by atoms with E-state index >= 15 is 0 Å². The maximum absolute atomic E-state index is 5.90. The second-order valence-electron chi connectivity index (χ2n) is 4.41. The predicted molar refractivity (Wildman–Crippen MR) is 88.3 cm³/mol. The number of ether oxygens (including phenoxy) is 1. The van der Waals surface area contributed by atoms with Gasteiger partial charge in [0.25, 0.3) is 0 Å². The fourth-order valence-corrected chi connectivity index (χ4v) is 2.36. The number of nitrogens with zero attached hydrogens (tertiary/aromatic N) is 1. The van der Waals surface area contributed by atoms with E-state index in [0.717, 1.165) is 38.9 Å². The Labute approximate surface area is 136 Å². The fraction of sp³-hybridized carbons (Fsp3) is 0.267. The molecule has 20 heavy (non-hydrogen) atoms. The summed E-state index contributed by atoms with van der Waals surface area (Å²) in [4.78, 5) is 4.36. The topological polar surface area (TPSA) is 34.2 Å². The first-order valence-corrected chi connectivity index (χ1v) is 7.98. The zero-order valence-corrected chi connectivity index (χ0v) is 14.6. The zero-order valence-electron chi connectivity index (χ0n) is 11.4. The first-order valence-electron chi connectivity index (χ1n) is 6.39. The molecule has 2 rings (SSSR count). The van der Waals surface area contributed by atoms with E-state index in [4.69, 9.17) is 4.74 Å². The molecule has 0 aliphatic rings. The summed E-state index contributed by atoms with van der Waals surface area (Å²) < 4.78 is 7.92. The maximum atomic E-state index is 5.90. The number of aromatic nitrogens is 1. The van der Waals surface area contributed by atoms with Crippen LogP contribution >= 0.6 is 31.9 Å². The Kier molecular flexibility index (Phi) is 5.57. The molecule has 0 amide bonds. The summed E-state index contributed by atoms with van der Waals surface area (Å²) in [7, 11) is 0. The van der Waals surface area contributed by atoms with Crippen LogP contribution in [-0.4, -0.2) is 11.5 Å². The minimum absolute atomic E-state index is 0.635. The minimum Gasteiger partial charge on any atom is -0.439 e. The van der Waals surface area contributed by atoms with Gasteiger partial charge in [-0.15, -0.1) is 0 Å². The van der Waals surface area contributed by atoms with Crippen molar-refractivity contribution in [2.75, 3.05) is 6.54 Å². The summed E-state index contributed by atoms with van der Waals surface area (Å²) in [5, 5.41) is 3.29. The summed E-state index contributed by atoms with van der Waals surface area (Å²) >= 11 is 6.93. The van der Waals surface area contributed by atoms with Crippen molar-refractivity contribution in [2.45, 2.75) is 20.4 Å². The highest BCUT2D eigenvalue weighted by Gasteiger charge is 2.08. The molecule has 1 heterocycles. The minimum atomic E-state index is 0.635. The second kappa shape index (κ2) is 7.20. The van der Waals surface area contributed by atoms with Crippen LogP contribution in [0.2, 0.25) is 0 Å². The lowest BCUT2D eigenvalue weighted by Crippen LogP contribution is -2.13. The van der Waals surface area contributed by atoms with Gasteiger partial charge in [0.1, 0.15) is 5.75 Å². The van der Waals surface area contributed by atoms with Gasteiger partial charge in [0, 0.05) is 27.3 Å². The van der Waals surface area contributed by atoms with E-state index in [1.54, 1.807) is 6.20 Å². The molecule has 1 aromatic carbocycles. The van der Waals surface area contributed by atoms with E-state index in [2.05, 4.69) is 49.1 Å². The molecule has 0 atom stereocenters. The summed E-state index contributed by atoms with van der Waals surface area (Å²) in [6.07, 6.45) is 1.75. The highest BCUT2D eigenvalue weighted by Crippen LogP contribution is 2.28. The molecular formula is C15H16Br2N2O. The van der Waals surface area contributed by atoms with Crippen LogP contribution in [0.5, 0.6) is 11.6 Å². The van der Waals surface area contributed by atoms with Gasteiger partial charge < -0.3 is 10.1 Å². The van der Waals surface area contributed by atoms with Gasteiger partial charge in [-0.25, -0.2) is 4.98 Å². The number of pyridine rings is 1. The third-order valence-corrected chi connectivity index (χ3v) is 4.12. The molecule has 0 radical (unpaired) electrons. The normalized spacial score (nSPS) is 10.6. The van der Waals surface area contributed by atoms with Crippen molar-refractivity contribution in [3.63, 3.8) is 0 Å². The predicted octanol–water partition coefficient (Wildman–Crippen LogP) is 4.82. The summed E-state index contributed by atoms with van der Waals surface area (Å²) in [5.41, 5.74) is 2.16. The number of nitrogens with one attached hydrogen (secondary N) is 1. The third-order valence-electron chi connectivity index (χ3n) is 2.80. The van der Waals surface area contributed by atoms with Crippen LogP contribution in [0.4, 0.5) is 0 Å². The molecule has 2 aromatic rings. The monoisotopic (exact) mass is 398 g/mol. The smallest absolute Gasteiger partial charge is 0.223 e. The number of aryl methyl sites for hydroxylation is 1. The lowest BCUT2D eigenvalue weighted by atomic mass is 10.2. The van der Waals surface area contributed by atoms with Gasteiger partial charge in [0.15, 0.2) is 0 Å². The Morgan fingerprint density at radius 1 is 1.25 bits per heavy atom. The van der Waals surface area contributed by atoms with Crippen LogP contribution in [0, 0.1) is 6.92 Å². The third kappa shape index (κ3) is 4.04. The second-order valence-corrected chi connectivity index (χ2v) is 6.18. The van der Waals surface area contributed by atoms with Crippen LogP contribution in [0.1, 0.15) is 18.1 Å². The Balaban J connectivity index is 2.25. The highest BCUT2D eigenvalue weighted by molar-refractivity contribution is 9.10. The van der Waals surface area contributed by atoms with Crippen molar-refractivity contribution < 1.29 is 4.74 Å². The van der Waals surface area contributed by atoms with E-state index in [0.29, 0.717) is 5.88 Å². The molecule has 1 aromatic heterocycles. The van der Waals surface area contributed by atoms with E-state index < -0.39 is 0 Å². The van der Waals surface area contributed by atoms with Crippen molar-refractivity contribution in [1.82, 2.24) is 10.3 Å². The van der Waals surface area contributed by atoms with Crippen molar-refractivity contribution in [3.8, 4) is 11.6 Å². The van der Waals surface area contributed by atoms with Gasteiger partial charge in [-0.3, -0.25) is 0 Å². The Morgan fingerprint density at radius 2 is 2.05 bits per heavy atom. The average Bonchev–Trinajstić information content (AvgIpc) is 2.43. The van der Waals surface area contributed by atoms with E-state index in [9.17, 15) is 0 Å². The zero-order chi connectivity index (χ0) is 14.5. The SMILES string of the molecule is CCNCc1cc(Br)cnc1Oc1ccc(Br)c(C)c1. The van der Waals surface area contributed by atoms with Crippen LogP contribution in [-0.2, 0) is 6.54 Å². The van der Waals surface area contributed by atoms with Crippen LogP contribution in [0.25, 0.3) is 0 Å². The molecule has 3 nitrogen and oxygen atoms in total. The summed E-state index contributed by atoms with van der Waals surface area (Å²) in [6.45, 7) is 5.74. The first kappa shape index (κ1) is 15.5. The number of halogens is 2. The largest absolute Gasteiger partial charge is 0.439 e. The molecule has 0 bridgehead atoms. The van der Waals surface area contributed by atoms with Gasteiger partial charge in [0.05, 0.1) is 0 Å². The van der Waals surface area contributed by atoms with E-state index in [-0.39, 0.29) is 0 Å². The molecule has 0 fully saturated rings. The maximum Gasteiger partial charge on any atom is 0.223 e. The Hall–Kier alpha value is -0.910. The lowest BCUT2D eigenvalue weighted by Gasteiger charge is -2.11. The highest BCUT2D eigenvalue weighted by atomic mass is 79.9. The van der Waals surface area contributed by atoms with Crippen molar-refractivity contribution in [2.24, 2.45) is 0 Å². The number of hydrogen-bond acceptors (Lipinski definition) is 3. The van der Waals surface area contributed by atoms with Crippen molar-refractivity contribution in [3.05, 3.63) is 50.5 Å². The average molecular weight is 400 g/mol. The van der Waals surface area contributed by atoms with Gasteiger partial charge in [-0.1, -0.05) is 22.9 Å². The first-order chi connectivity index (χ1) is 9.60. The fourth-order valence-electron chi connectivity index (χ4n) is 1.74. The van der Waals surface area contributed by atoms with E-state index in [1.165, 1.54) is 0 Å². The molecule has 5 heteroatoms. The molecule has 0 saturated heterocycles. The van der Waals surface area contributed by atoms with Gasteiger partial charge >= 0.3 is 0 Å². The molecular weight excluding hydrogens is 384 g/mol. The molecule has 0 aliphatic carbocycles. The van der Waals surface area contributed by atoms with Gasteiger partial charge in [-0.2, -0.15) is 0 Å². The summed E-state index contributed by atoms with van der Waals surface area (Å²) in [6, 6.07) is 7.92. The molecule has 106 valence electrons. The van der Waals surface area contributed by atoms with E-state index in [1.807, 2.05) is 31.2 Å². The summed E-state index contributed by atoms with van der Waals surface area (Å²) in [5.74, 6) is 1.43. The molecule has 0 aliphatic heterocycles. The number of benzene rings is 1. The van der Waals surface area contributed by atoms with Crippen LogP contribution in [0.3, 0.4) is 0 Å². The molecule has 1 N–H and O–H groups in total. The molecule has 0 unspecified atom stereocenters. The number of hydrogen-bond donors (Lipinski definition) is 1. The number of rotatable bonds is 5. The van der Waals surface area contributed by atoms with Gasteiger partial charge in [-0.05, 0) is 59.2 Å². The Morgan fingerprint density at radius 3 is 2.75 bits per heavy atom. The van der Waals surface area contributed by atoms with Crippen LogP contribution in [0.15, 0.2) is 39.4 Å².